The first-order valence-electron chi connectivity index (χ1n) is 6.50. The maximum absolute atomic E-state index is 4.42. The van der Waals surface area contributed by atoms with Gasteiger partial charge in [-0.25, -0.2) is 0 Å². The quantitative estimate of drug-likeness (QED) is 0.923. The standard InChI is InChI=1S/C15H19BrN4/c1-10-15(18-8-7-17-10)11(2)19-13-9-12(16)5-6-14(13)20(3)4/h5-9,11,19H,1-4H3. The van der Waals surface area contributed by atoms with Crippen molar-refractivity contribution in [1.29, 1.82) is 0 Å². The molecule has 0 spiro atoms. The van der Waals surface area contributed by atoms with Crippen LogP contribution < -0.4 is 10.2 Å². The van der Waals surface area contributed by atoms with Crippen molar-refractivity contribution in [3.8, 4) is 0 Å². The minimum absolute atomic E-state index is 0.0942. The van der Waals surface area contributed by atoms with E-state index in [4.69, 9.17) is 0 Å². The summed E-state index contributed by atoms with van der Waals surface area (Å²) in [5, 5.41) is 3.52. The lowest BCUT2D eigenvalue weighted by molar-refractivity contribution is 0.809. The largest absolute Gasteiger partial charge is 0.376 e. The average Bonchev–Trinajstić information content (AvgIpc) is 2.38. The molecule has 2 rings (SSSR count). The van der Waals surface area contributed by atoms with Gasteiger partial charge in [0.05, 0.1) is 28.8 Å². The fraction of sp³-hybridized carbons (Fsp3) is 0.333. The van der Waals surface area contributed by atoms with E-state index in [-0.39, 0.29) is 6.04 Å². The molecule has 1 unspecified atom stereocenters. The number of anilines is 2. The summed E-state index contributed by atoms with van der Waals surface area (Å²) in [7, 11) is 4.07. The summed E-state index contributed by atoms with van der Waals surface area (Å²) in [6.07, 6.45) is 3.45. The predicted octanol–water partition coefficient (Wildman–Crippen LogP) is 3.79. The molecule has 0 radical (unpaired) electrons. The molecule has 0 amide bonds. The molecule has 0 fully saturated rings. The Labute approximate surface area is 128 Å². The van der Waals surface area contributed by atoms with Gasteiger partial charge in [0.2, 0.25) is 0 Å². The molecule has 20 heavy (non-hydrogen) atoms. The number of hydrogen-bond acceptors (Lipinski definition) is 4. The zero-order chi connectivity index (χ0) is 14.7. The summed E-state index contributed by atoms with van der Waals surface area (Å²) in [4.78, 5) is 10.8. The fourth-order valence-electron chi connectivity index (χ4n) is 2.16. The van der Waals surface area contributed by atoms with E-state index >= 15 is 0 Å². The Bertz CT molecular complexity index is 598. The van der Waals surface area contributed by atoms with Crippen molar-refractivity contribution in [3.05, 3.63) is 46.5 Å². The van der Waals surface area contributed by atoms with Crippen molar-refractivity contribution in [2.24, 2.45) is 0 Å². The van der Waals surface area contributed by atoms with Crippen molar-refractivity contribution in [3.63, 3.8) is 0 Å². The summed E-state index contributed by atoms with van der Waals surface area (Å²) in [6.45, 7) is 4.08. The smallest absolute Gasteiger partial charge is 0.0835 e. The second kappa shape index (κ2) is 6.22. The van der Waals surface area contributed by atoms with Gasteiger partial charge in [-0.15, -0.1) is 0 Å². The Hall–Kier alpha value is -1.62. The first-order chi connectivity index (χ1) is 9.49. The minimum atomic E-state index is 0.0942. The van der Waals surface area contributed by atoms with Crippen molar-refractivity contribution in [2.45, 2.75) is 19.9 Å². The maximum Gasteiger partial charge on any atom is 0.0835 e. The van der Waals surface area contributed by atoms with Gasteiger partial charge in [0.25, 0.3) is 0 Å². The number of aromatic nitrogens is 2. The number of benzene rings is 1. The zero-order valence-electron chi connectivity index (χ0n) is 12.2. The van der Waals surface area contributed by atoms with Gasteiger partial charge in [-0.3, -0.25) is 9.97 Å². The van der Waals surface area contributed by atoms with Gasteiger partial charge >= 0.3 is 0 Å². The summed E-state index contributed by atoms with van der Waals surface area (Å²) < 4.78 is 1.05. The summed E-state index contributed by atoms with van der Waals surface area (Å²) in [6, 6.07) is 6.30. The first-order valence-corrected chi connectivity index (χ1v) is 7.29. The Morgan fingerprint density at radius 2 is 1.90 bits per heavy atom. The number of rotatable bonds is 4. The number of hydrogen-bond donors (Lipinski definition) is 1. The van der Waals surface area contributed by atoms with Gasteiger partial charge < -0.3 is 10.2 Å². The van der Waals surface area contributed by atoms with E-state index < -0.39 is 0 Å². The summed E-state index contributed by atoms with van der Waals surface area (Å²) in [5.41, 5.74) is 4.13. The van der Waals surface area contributed by atoms with E-state index in [1.165, 1.54) is 0 Å². The lowest BCUT2D eigenvalue weighted by Gasteiger charge is -2.22. The summed E-state index contributed by atoms with van der Waals surface area (Å²) in [5.74, 6) is 0. The molecular formula is C15H19BrN4. The molecule has 0 saturated heterocycles. The first kappa shape index (κ1) is 14.8. The van der Waals surface area contributed by atoms with Crippen LogP contribution in [0.1, 0.15) is 24.4 Å². The van der Waals surface area contributed by atoms with Crippen LogP contribution in [0, 0.1) is 6.92 Å². The number of nitrogens with zero attached hydrogens (tertiary/aromatic N) is 3. The highest BCUT2D eigenvalue weighted by molar-refractivity contribution is 9.10. The topological polar surface area (TPSA) is 41.1 Å². The Morgan fingerprint density at radius 3 is 2.55 bits per heavy atom. The molecule has 0 aliphatic carbocycles. The van der Waals surface area contributed by atoms with Crippen LogP contribution in [-0.2, 0) is 0 Å². The van der Waals surface area contributed by atoms with Gasteiger partial charge in [-0.05, 0) is 32.0 Å². The third kappa shape index (κ3) is 3.28. The van der Waals surface area contributed by atoms with E-state index in [0.717, 1.165) is 27.2 Å². The maximum atomic E-state index is 4.42. The van der Waals surface area contributed by atoms with Gasteiger partial charge in [0, 0.05) is 31.0 Å². The third-order valence-corrected chi connectivity index (χ3v) is 3.63. The molecule has 2 aromatic rings. The second-order valence-corrected chi connectivity index (χ2v) is 5.86. The molecule has 1 atom stereocenters. The average molecular weight is 335 g/mol. The van der Waals surface area contributed by atoms with E-state index in [0.29, 0.717) is 0 Å². The van der Waals surface area contributed by atoms with E-state index in [9.17, 15) is 0 Å². The van der Waals surface area contributed by atoms with Crippen molar-refractivity contribution in [2.75, 3.05) is 24.3 Å². The predicted molar refractivity (Wildman–Crippen MR) is 87.3 cm³/mol. The lowest BCUT2D eigenvalue weighted by atomic mass is 10.1. The molecular weight excluding hydrogens is 316 g/mol. The Balaban J connectivity index is 2.30. The Kier molecular flexibility index (Phi) is 4.60. The molecule has 0 aliphatic heterocycles. The van der Waals surface area contributed by atoms with Gasteiger partial charge in [0.1, 0.15) is 0 Å². The molecule has 1 aromatic carbocycles. The van der Waals surface area contributed by atoms with Crippen molar-refractivity contribution < 1.29 is 0 Å². The van der Waals surface area contributed by atoms with Crippen molar-refractivity contribution >= 4 is 27.3 Å². The van der Waals surface area contributed by atoms with Gasteiger partial charge in [-0.2, -0.15) is 0 Å². The number of halogens is 1. The van der Waals surface area contributed by atoms with Crippen molar-refractivity contribution in [1.82, 2.24) is 9.97 Å². The normalized spacial score (nSPS) is 12.1. The molecule has 0 aliphatic rings. The number of aryl methyl sites for hydroxylation is 1. The monoisotopic (exact) mass is 334 g/mol. The number of nitrogens with one attached hydrogen (secondary N) is 1. The Morgan fingerprint density at radius 1 is 1.20 bits per heavy atom. The van der Waals surface area contributed by atoms with E-state index in [1.54, 1.807) is 12.4 Å². The van der Waals surface area contributed by atoms with Crippen LogP contribution in [0.15, 0.2) is 35.1 Å². The molecule has 106 valence electrons. The van der Waals surface area contributed by atoms with Gasteiger partial charge in [-0.1, -0.05) is 15.9 Å². The molecule has 4 nitrogen and oxygen atoms in total. The SMILES string of the molecule is Cc1nccnc1C(C)Nc1cc(Br)ccc1N(C)C. The van der Waals surface area contributed by atoms with Crippen LogP contribution >= 0.6 is 15.9 Å². The highest BCUT2D eigenvalue weighted by atomic mass is 79.9. The third-order valence-electron chi connectivity index (χ3n) is 3.14. The molecule has 1 aromatic heterocycles. The van der Waals surface area contributed by atoms with E-state index in [1.807, 2.05) is 27.1 Å². The molecule has 0 bridgehead atoms. The molecule has 5 heteroatoms. The highest BCUT2D eigenvalue weighted by Crippen LogP contribution is 2.31. The lowest BCUT2D eigenvalue weighted by Crippen LogP contribution is -2.15. The second-order valence-electron chi connectivity index (χ2n) is 4.95. The minimum Gasteiger partial charge on any atom is -0.376 e. The van der Waals surface area contributed by atoms with Crippen LogP contribution in [0.3, 0.4) is 0 Å². The molecule has 1 N–H and O–H groups in total. The van der Waals surface area contributed by atoms with Crippen LogP contribution in [-0.4, -0.2) is 24.1 Å². The molecule has 0 saturated carbocycles. The van der Waals surface area contributed by atoms with Crippen LogP contribution in [0.2, 0.25) is 0 Å². The van der Waals surface area contributed by atoms with Crippen LogP contribution in [0.4, 0.5) is 11.4 Å². The fourth-order valence-corrected chi connectivity index (χ4v) is 2.52. The highest BCUT2D eigenvalue weighted by Gasteiger charge is 2.13. The van der Waals surface area contributed by atoms with E-state index in [2.05, 4.69) is 55.2 Å². The molecule has 1 heterocycles. The van der Waals surface area contributed by atoms with Crippen LogP contribution in [0.5, 0.6) is 0 Å². The van der Waals surface area contributed by atoms with Gasteiger partial charge in [0.15, 0.2) is 0 Å². The summed E-state index contributed by atoms with van der Waals surface area (Å²) >= 11 is 3.52. The van der Waals surface area contributed by atoms with Crippen LogP contribution in [0.25, 0.3) is 0 Å². The zero-order valence-corrected chi connectivity index (χ0v) is 13.8.